The molecule has 0 aromatic carbocycles. The number of carbonyl (C=O) groups is 1. The SMILES string of the molecule is C[C@@H](CCCO[Si](C)(C)C(C)(C)C)[C@H]1CCC2C3C(=O)C=C4C[C@@H](OC5CCCCO5)CC[C@]4(C)C3CC[C@@]21C. The van der Waals surface area contributed by atoms with Crippen LogP contribution in [0.2, 0.25) is 18.1 Å². The Hall–Kier alpha value is -0.493. The molecule has 1 heterocycles. The van der Waals surface area contributed by atoms with Crippen molar-refractivity contribution in [3.63, 3.8) is 0 Å². The molecule has 228 valence electrons. The lowest BCUT2D eigenvalue weighted by Crippen LogP contribution is -2.54. The van der Waals surface area contributed by atoms with Crippen molar-refractivity contribution in [1.82, 2.24) is 0 Å². The van der Waals surface area contributed by atoms with E-state index in [0.717, 1.165) is 57.7 Å². The van der Waals surface area contributed by atoms with Gasteiger partial charge in [-0.25, -0.2) is 0 Å². The smallest absolute Gasteiger partial charge is 0.191 e. The number of rotatable bonds is 8. The molecule has 3 saturated carbocycles. The van der Waals surface area contributed by atoms with Crippen LogP contribution in [0.25, 0.3) is 0 Å². The Morgan fingerprint density at radius 1 is 1.05 bits per heavy atom. The van der Waals surface area contributed by atoms with Crippen LogP contribution in [0.5, 0.6) is 0 Å². The molecule has 9 atom stereocenters. The lowest BCUT2D eigenvalue weighted by molar-refractivity contribution is -0.195. The molecule has 1 aliphatic heterocycles. The van der Waals surface area contributed by atoms with Crippen molar-refractivity contribution in [2.75, 3.05) is 13.2 Å². The molecule has 4 aliphatic carbocycles. The summed E-state index contributed by atoms with van der Waals surface area (Å²) in [4.78, 5) is 13.9. The highest BCUT2D eigenvalue weighted by atomic mass is 28.4. The topological polar surface area (TPSA) is 44.8 Å². The molecule has 4 unspecified atom stereocenters. The van der Waals surface area contributed by atoms with Gasteiger partial charge in [0.1, 0.15) is 0 Å². The fourth-order valence-corrected chi connectivity index (χ4v) is 10.7. The zero-order chi connectivity index (χ0) is 28.9. The highest BCUT2D eigenvalue weighted by Crippen LogP contribution is 2.66. The minimum absolute atomic E-state index is 0.0397. The zero-order valence-corrected chi connectivity index (χ0v) is 28.2. The summed E-state index contributed by atoms with van der Waals surface area (Å²) in [6.07, 6.45) is 16.3. The molecule has 0 aromatic heterocycles. The van der Waals surface area contributed by atoms with Gasteiger partial charge in [-0.15, -0.1) is 0 Å². The Morgan fingerprint density at radius 2 is 1.82 bits per heavy atom. The van der Waals surface area contributed by atoms with Gasteiger partial charge in [0.05, 0.1) is 6.10 Å². The second-order valence-corrected chi connectivity index (χ2v) is 21.3. The summed E-state index contributed by atoms with van der Waals surface area (Å²) in [5, 5.41) is 0.275. The molecule has 40 heavy (non-hydrogen) atoms. The number of fused-ring (bicyclic) bond motifs is 5. The van der Waals surface area contributed by atoms with Gasteiger partial charge >= 0.3 is 0 Å². The minimum atomic E-state index is -1.67. The highest BCUT2D eigenvalue weighted by molar-refractivity contribution is 6.74. The van der Waals surface area contributed by atoms with E-state index in [1.807, 2.05) is 0 Å². The lowest BCUT2D eigenvalue weighted by atomic mass is 9.46. The molecule has 1 saturated heterocycles. The van der Waals surface area contributed by atoms with E-state index >= 15 is 0 Å². The zero-order valence-electron chi connectivity index (χ0n) is 27.2. The molecule has 0 radical (unpaired) electrons. The van der Waals surface area contributed by atoms with Crippen molar-refractivity contribution in [3.8, 4) is 0 Å². The van der Waals surface area contributed by atoms with Gasteiger partial charge in [0.25, 0.3) is 0 Å². The van der Waals surface area contributed by atoms with Gasteiger partial charge in [0.2, 0.25) is 0 Å². The standard InChI is InChI=1S/C35H60O4Si/c1-24(12-11-21-38-40(7,8)33(2,3)4)27-14-15-28-32-29(17-19-35(27,28)6)34(5)18-16-26(22-25(34)23-30(32)36)39-31-13-9-10-20-37-31/h23-24,26-29,31-32H,9-22H2,1-8H3/t24-,26-,27+,28?,29?,31?,32?,34-,35+/m0/s1. The highest BCUT2D eigenvalue weighted by Gasteiger charge is 2.61. The van der Waals surface area contributed by atoms with Gasteiger partial charge in [-0.05, 0) is 136 Å². The van der Waals surface area contributed by atoms with E-state index < -0.39 is 8.32 Å². The summed E-state index contributed by atoms with van der Waals surface area (Å²) in [6.45, 7) is 21.0. The van der Waals surface area contributed by atoms with Crippen molar-refractivity contribution in [2.45, 2.75) is 149 Å². The molecule has 5 rings (SSSR count). The first-order chi connectivity index (χ1) is 18.8. The molecule has 4 fully saturated rings. The van der Waals surface area contributed by atoms with E-state index in [1.54, 1.807) is 0 Å². The normalized spacial score (nSPS) is 41.1. The van der Waals surface area contributed by atoms with Crippen molar-refractivity contribution in [1.29, 1.82) is 0 Å². The Labute approximate surface area is 246 Å². The van der Waals surface area contributed by atoms with Crippen LogP contribution in [-0.2, 0) is 18.7 Å². The van der Waals surface area contributed by atoms with Crippen LogP contribution in [0.1, 0.15) is 119 Å². The molecule has 0 bridgehead atoms. The van der Waals surface area contributed by atoms with E-state index in [4.69, 9.17) is 13.9 Å². The van der Waals surface area contributed by atoms with Crippen LogP contribution in [0.3, 0.4) is 0 Å². The Kier molecular flexibility index (Phi) is 8.93. The molecule has 0 spiro atoms. The van der Waals surface area contributed by atoms with E-state index in [-0.39, 0.29) is 28.8 Å². The lowest BCUT2D eigenvalue weighted by Gasteiger charge is -2.57. The first-order valence-corrected chi connectivity index (χ1v) is 19.8. The summed E-state index contributed by atoms with van der Waals surface area (Å²) in [5.74, 6) is 3.16. The van der Waals surface area contributed by atoms with Gasteiger partial charge in [0.15, 0.2) is 20.4 Å². The number of hydrogen-bond donors (Lipinski definition) is 0. The van der Waals surface area contributed by atoms with Gasteiger partial charge in [-0.2, -0.15) is 0 Å². The van der Waals surface area contributed by atoms with Crippen molar-refractivity contribution in [3.05, 3.63) is 11.6 Å². The maximum absolute atomic E-state index is 13.9. The molecule has 0 amide bonds. The van der Waals surface area contributed by atoms with E-state index in [9.17, 15) is 4.79 Å². The molecule has 5 aliphatic rings. The predicted octanol–water partition coefficient (Wildman–Crippen LogP) is 9.09. The largest absolute Gasteiger partial charge is 0.417 e. The summed E-state index contributed by atoms with van der Waals surface area (Å²) in [6, 6.07) is 0. The summed E-state index contributed by atoms with van der Waals surface area (Å²) in [5.41, 5.74) is 1.86. The van der Waals surface area contributed by atoms with Gasteiger partial charge in [0, 0.05) is 19.1 Å². The van der Waals surface area contributed by atoms with Crippen molar-refractivity contribution < 1.29 is 18.7 Å². The third-order valence-electron chi connectivity index (χ3n) is 13.2. The van der Waals surface area contributed by atoms with Crippen LogP contribution in [0.15, 0.2) is 11.6 Å². The predicted molar refractivity (Wildman–Crippen MR) is 166 cm³/mol. The third kappa shape index (κ3) is 5.72. The first-order valence-electron chi connectivity index (χ1n) is 16.9. The molecule has 5 heteroatoms. The molecule has 0 N–H and O–H groups in total. The van der Waals surface area contributed by atoms with Crippen LogP contribution in [0.4, 0.5) is 0 Å². The quantitative estimate of drug-likeness (QED) is 0.215. The Balaban J connectivity index is 1.22. The van der Waals surface area contributed by atoms with Crippen LogP contribution >= 0.6 is 0 Å². The van der Waals surface area contributed by atoms with E-state index in [0.29, 0.717) is 29.0 Å². The molecule has 0 aromatic rings. The number of ketones is 1. The summed E-state index contributed by atoms with van der Waals surface area (Å²) in [7, 11) is -1.67. The maximum Gasteiger partial charge on any atom is 0.191 e. The third-order valence-corrected chi connectivity index (χ3v) is 17.8. The van der Waals surface area contributed by atoms with Crippen LogP contribution < -0.4 is 0 Å². The van der Waals surface area contributed by atoms with Crippen molar-refractivity contribution in [2.24, 2.45) is 40.4 Å². The molecular formula is C35H60O4Si. The summed E-state index contributed by atoms with van der Waals surface area (Å²) >= 11 is 0. The van der Waals surface area contributed by atoms with Crippen LogP contribution in [0, 0.1) is 40.4 Å². The number of carbonyl (C=O) groups excluding carboxylic acids is 1. The first kappa shape index (κ1) is 30.9. The number of allylic oxidation sites excluding steroid dienone is 1. The average Bonchev–Trinajstić information content (AvgIpc) is 3.24. The van der Waals surface area contributed by atoms with Crippen LogP contribution in [-0.4, -0.2) is 39.7 Å². The van der Waals surface area contributed by atoms with Crippen molar-refractivity contribution >= 4 is 14.1 Å². The molecular weight excluding hydrogens is 512 g/mol. The number of ether oxygens (including phenoxy) is 2. The number of hydrogen-bond acceptors (Lipinski definition) is 4. The minimum Gasteiger partial charge on any atom is -0.417 e. The fraction of sp³-hybridized carbons (Fsp3) is 0.914. The van der Waals surface area contributed by atoms with Gasteiger partial charge < -0.3 is 13.9 Å². The fourth-order valence-electron chi connectivity index (χ4n) is 9.64. The van der Waals surface area contributed by atoms with Gasteiger partial charge in [-0.3, -0.25) is 4.79 Å². The molecule has 4 nitrogen and oxygen atoms in total. The van der Waals surface area contributed by atoms with E-state index in [1.165, 1.54) is 44.1 Å². The summed E-state index contributed by atoms with van der Waals surface area (Å²) < 4.78 is 18.8. The maximum atomic E-state index is 13.9. The second kappa shape index (κ2) is 11.5. The Morgan fingerprint density at radius 3 is 2.52 bits per heavy atom. The second-order valence-electron chi connectivity index (χ2n) is 16.5. The van der Waals surface area contributed by atoms with Gasteiger partial charge in [-0.1, -0.05) is 47.1 Å². The Bertz CT molecular complexity index is 946. The average molecular weight is 573 g/mol. The monoisotopic (exact) mass is 572 g/mol. The van der Waals surface area contributed by atoms with E-state index in [2.05, 4.69) is 60.7 Å².